The molecule has 1 aromatic rings. The molecule has 0 bridgehead atoms. The third-order valence-corrected chi connectivity index (χ3v) is 3.59. The van der Waals surface area contributed by atoms with Crippen molar-refractivity contribution in [2.45, 2.75) is 18.7 Å². The number of rotatable bonds is 4. The number of nitrogens with zero attached hydrogens (tertiary/aromatic N) is 2. The Morgan fingerprint density at radius 1 is 1.57 bits per heavy atom. The Morgan fingerprint density at radius 2 is 2.21 bits per heavy atom. The molecule has 0 amide bonds. The van der Waals surface area contributed by atoms with Crippen LogP contribution in [0.4, 0.5) is 0 Å². The van der Waals surface area contributed by atoms with Crippen molar-refractivity contribution in [1.82, 2.24) is 14.5 Å². The van der Waals surface area contributed by atoms with E-state index in [9.17, 15) is 8.42 Å². The average molecular weight is 217 g/mol. The predicted octanol–water partition coefficient (Wildman–Crippen LogP) is 0.686. The third kappa shape index (κ3) is 2.33. The number of aromatic amines is 1. The summed E-state index contributed by atoms with van der Waals surface area (Å²) in [5.74, 6) is 0.307. The molecule has 1 heterocycles. The van der Waals surface area contributed by atoms with Gasteiger partial charge in [0.1, 0.15) is 4.90 Å². The molecule has 0 aliphatic carbocycles. The molecule has 0 aliphatic rings. The van der Waals surface area contributed by atoms with E-state index in [0.717, 1.165) is 0 Å². The maximum absolute atomic E-state index is 11.8. The number of hydrogen-bond acceptors (Lipinski definition) is 3. The van der Waals surface area contributed by atoms with E-state index in [1.54, 1.807) is 7.05 Å². The molecule has 0 spiro atoms. The van der Waals surface area contributed by atoms with E-state index in [0.29, 0.717) is 12.5 Å². The van der Waals surface area contributed by atoms with Gasteiger partial charge >= 0.3 is 0 Å². The Kier molecular flexibility index (Phi) is 3.28. The highest BCUT2D eigenvalue weighted by Crippen LogP contribution is 2.12. The van der Waals surface area contributed by atoms with E-state index >= 15 is 0 Å². The SMILES string of the molecule is CC(C)CN(C)S(=O)(=O)c1cn[nH]c1. The predicted molar refractivity (Wildman–Crippen MR) is 53.2 cm³/mol. The first-order valence-electron chi connectivity index (χ1n) is 4.39. The molecular formula is C8H15N3O2S. The fourth-order valence-electron chi connectivity index (χ4n) is 1.17. The minimum Gasteiger partial charge on any atom is -0.284 e. The van der Waals surface area contributed by atoms with Gasteiger partial charge in [0.15, 0.2) is 0 Å². The Labute approximate surface area is 84.2 Å². The maximum Gasteiger partial charge on any atom is 0.245 e. The van der Waals surface area contributed by atoms with E-state index in [4.69, 9.17) is 0 Å². The lowest BCUT2D eigenvalue weighted by Gasteiger charge is -2.17. The topological polar surface area (TPSA) is 66.1 Å². The van der Waals surface area contributed by atoms with Crippen molar-refractivity contribution in [3.05, 3.63) is 12.4 Å². The molecule has 0 saturated carbocycles. The van der Waals surface area contributed by atoms with Gasteiger partial charge in [-0.1, -0.05) is 13.8 Å². The van der Waals surface area contributed by atoms with Crippen molar-refractivity contribution in [3.8, 4) is 0 Å². The molecule has 0 radical (unpaired) electrons. The van der Waals surface area contributed by atoms with Crippen LogP contribution in [0.5, 0.6) is 0 Å². The highest BCUT2D eigenvalue weighted by Gasteiger charge is 2.21. The number of sulfonamides is 1. The summed E-state index contributed by atoms with van der Waals surface area (Å²) < 4.78 is 24.9. The molecule has 0 aromatic carbocycles. The van der Waals surface area contributed by atoms with Gasteiger partial charge in [0, 0.05) is 19.8 Å². The molecule has 0 aliphatic heterocycles. The van der Waals surface area contributed by atoms with Gasteiger partial charge in [-0.2, -0.15) is 5.10 Å². The summed E-state index contributed by atoms with van der Waals surface area (Å²) in [6.45, 7) is 4.45. The highest BCUT2D eigenvalue weighted by molar-refractivity contribution is 7.89. The lowest BCUT2D eigenvalue weighted by molar-refractivity contribution is 0.417. The van der Waals surface area contributed by atoms with Crippen LogP contribution in [0, 0.1) is 5.92 Å². The minimum absolute atomic E-state index is 0.209. The fraction of sp³-hybridized carbons (Fsp3) is 0.625. The normalized spacial score (nSPS) is 12.6. The van der Waals surface area contributed by atoms with E-state index in [2.05, 4.69) is 10.2 Å². The molecule has 5 nitrogen and oxygen atoms in total. The van der Waals surface area contributed by atoms with Crippen molar-refractivity contribution >= 4 is 10.0 Å². The second-order valence-electron chi connectivity index (χ2n) is 3.61. The first-order valence-corrected chi connectivity index (χ1v) is 5.83. The van der Waals surface area contributed by atoms with Crippen LogP contribution in [0.1, 0.15) is 13.8 Å². The molecule has 6 heteroatoms. The van der Waals surface area contributed by atoms with Crippen molar-refractivity contribution in [1.29, 1.82) is 0 Å². The summed E-state index contributed by atoms with van der Waals surface area (Å²) in [7, 11) is -1.78. The van der Waals surface area contributed by atoms with Gasteiger partial charge in [0.2, 0.25) is 10.0 Å². The summed E-state index contributed by atoms with van der Waals surface area (Å²) in [4.78, 5) is 0.209. The van der Waals surface area contributed by atoms with Crippen LogP contribution in [0.2, 0.25) is 0 Å². The molecule has 0 saturated heterocycles. The van der Waals surface area contributed by atoms with Gasteiger partial charge in [0.05, 0.1) is 6.20 Å². The van der Waals surface area contributed by atoms with Gasteiger partial charge in [0.25, 0.3) is 0 Å². The summed E-state index contributed by atoms with van der Waals surface area (Å²) in [6.07, 6.45) is 2.69. The van der Waals surface area contributed by atoms with Gasteiger partial charge in [-0.15, -0.1) is 0 Å². The van der Waals surface area contributed by atoms with E-state index in [-0.39, 0.29) is 4.90 Å². The van der Waals surface area contributed by atoms with Gasteiger partial charge < -0.3 is 0 Å². The number of H-pyrrole nitrogens is 1. The highest BCUT2D eigenvalue weighted by atomic mass is 32.2. The van der Waals surface area contributed by atoms with Crippen molar-refractivity contribution < 1.29 is 8.42 Å². The number of aromatic nitrogens is 2. The Morgan fingerprint density at radius 3 is 2.64 bits per heavy atom. The van der Waals surface area contributed by atoms with E-state index in [1.165, 1.54) is 16.7 Å². The smallest absolute Gasteiger partial charge is 0.245 e. The van der Waals surface area contributed by atoms with Gasteiger partial charge in [-0.05, 0) is 5.92 Å². The standard InChI is InChI=1S/C8H15N3O2S/c1-7(2)6-11(3)14(12,13)8-4-9-10-5-8/h4-5,7H,6H2,1-3H3,(H,9,10). The first kappa shape index (κ1) is 11.2. The van der Waals surface area contributed by atoms with Crippen LogP contribution < -0.4 is 0 Å². The van der Waals surface area contributed by atoms with Crippen molar-refractivity contribution in [3.63, 3.8) is 0 Å². The van der Waals surface area contributed by atoms with Crippen molar-refractivity contribution in [2.24, 2.45) is 5.92 Å². The zero-order chi connectivity index (χ0) is 10.8. The van der Waals surface area contributed by atoms with Crippen LogP contribution >= 0.6 is 0 Å². The summed E-state index contributed by atoms with van der Waals surface area (Å²) in [6, 6.07) is 0. The Bertz CT molecular complexity index is 369. The summed E-state index contributed by atoms with van der Waals surface area (Å²) >= 11 is 0. The minimum atomic E-state index is -3.35. The lowest BCUT2D eigenvalue weighted by Crippen LogP contribution is -2.30. The zero-order valence-corrected chi connectivity index (χ0v) is 9.37. The van der Waals surface area contributed by atoms with Crippen LogP contribution in [0.25, 0.3) is 0 Å². The van der Waals surface area contributed by atoms with Crippen LogP contribution in [-0.2, 0) is 10.0 Å². The molecular weight excluding hydrogens is 202 g/mol. The van der Waals surface area contributed by atoms with Crippen LogP contribution in [0.15, 0.2) is 17.3 Å². The molecule has 0 unspecified atom stereocenters. The quantitative estimate of drug-likeness (QED) is 0.806. The molecule has 0 fully saturated rings. The first-order chi connectivity index (χ1) is 6.44. The van der Waals surface area contributed by atoms with E-state index < -0.39 is 10.0 Å². The average Bonchev–Trinajstić information content (AvgIpc) is 2.54. The fourth-order valence-corrected chi connectivity index (χ4v) is 2.41. The van der Waals surface area contributed by atoms with Crippen LogP contribution in [-0.4, -0.2) is 36.5 Å². The molecule has 0 atom stereocenters. The zero-order valence-electron chi connectivity index (χ0n) is 8.56. The molecule has 1 N–H and O–H groups in total. The van der Waals surface area contributed by atoms with Gasteiger partial charge in [-0.25, -0.2) is 12.7 Å². The number of nitrogens with one attached hydrogen (secondary N) is 1. The molecule has 80 valence electrons. The van der Waals surface area contributed by atoms with Crippen LogP contribution in [0.3, 0.4) is 0 Å². The summed E-state index contributed by atoms with van der Waals surface area (Å²) in [5, 5.41) is 6.11. The summed E-state index contributed by atoms with van der Waals surface area (Å²) in [5.41, 5.74) is 0. The Hall–Kier alpha value is -0.880. The largest absolute Gasteiger partial charge is 0.284 e. The molecule has 1 aromatic heterocycles. The van der Waals surface area contributed by atoms with Crippen molar-refractivity contribution in [2.75, 3.05) is 13.6 Å². The maximum atomic E-state index is 11.8. The number of hydrogen-bond donors (Lipinski definition) is 1. The second-order valence-corrected chi connectivity index (χ2v) is 5.66. The van der Waals surface area contributed by atoms with Gasteiger partial charge in [-0.3, -0.25) is 5.10 Å². The van der Waals surface area contributed by atoms with E-state index in [1.807, 2.05) is 13.8 Å². The monoisotopic (exact) mass is 217 g/mol. The second kappa shape index (κ2) is 4.10. The molecule has 14 heavy (non-hydrogen) atoms. The third-order valence-electron chi connectivity index (χ3n) is 1.80. The lowest BCUT2D eigenvalue weighted by atomic mass is 10.2. The molecule has 1 rings (SSSR count). The Balaban J connectivity index is 2.86.